The van der Waals surface area contributed by atoms with Crippen LogP contribution < -0.4 is 4.90 Å². The van der Waals surface area contributed by atoms with Crippen molar-refractivity contribution in [2.75, 3.05) is 4.90 Å². The smallest absolute Gasteiger partial charge is 0.310 e. The number of nitrogens with zero attached hydrogens (tertiary/aromatic N) is 1. The van der Waals surface area contributed by atoms with E-state index in [1.807, 2.05) is 0 Å². The summed E-state index contributed by atoms with van der Waals surface area (Å²) < 4.78 is 19.5. The van der Waals surface area contributed by atoms with Crippen molar-refractivity contribution in [2.24, 2.45) is 11.8 Å². The lowest BCUT2D eigenvalue weighted by atomic mass is 9.74. The molecule has 3 heterocycles. The van der Waals surface area contributed by atoms with Crippen LogP contribution in [0.2, 0.25) is 5.02 Å². The summed E-state index contributed by atoms with van der Waals surface area (Å²) >= 11 is 5.87. The van der Waals surface area contributed by atoms with Crippen LogP contribution in [-0.4, -0.2) is 34.7 Å². The second kappa shape index (κ2) is 5.41. The standard InChI is InChI=1S/C18H15ClFNO4/c1-2-3-13-18-7-6-12(25-18)14(17(23)24)15(18)16(22)21(13)9-4-5-11(20)10(19)8-9/h2,4-8,12-15H,1,3H2,(H,23,24)/t12-,13-,14-,15+,18+/m0/s1. The van der Waals surface area contributed by atoms with Gasteiger partial charge in [0.1, 0.15) is 17.3 Å². The minimum atomic E-state index is -1.06. The highest BCUT2D eigenvalue weighted by atomic mass is 35.5. The third-order valence-corrected chi connectivity index (χ3v) is 5.57. The largest absolute Gasteiger partial charge is 0.481 e. The second-order valence-corrected chi connectivity index (χ2v) is 6.89. The lowest BCUT2D eigenvalue weighted by molar-refractivity contribution is -0.146. The number of anilines is 1. The van der Waals surface area contributed by atoms with Crippen LogP contribution in [0.5, 0.6) is 0 Å². The summed E-state index contributed by atoms with van der Waals surface area (Å²) in [4.78, 5) is 26.3. The van der Waals surface area contributed by atoms with Crippen molar-refractivity contribution < 1.29 is 23.8 Å². The average molecular weight is 364 g/mol. The minimum Gasteiger partial charge on any atom is -0.481 e. The number of carboxylic acids is 1. The number of benzene rings is 1. The monoisotopic (exact) mass is 363 g/mol. The van der Waals surface area contributed by atoms with Gasteiger partial charge < -0.3 is 14.7 Å². The predicted molar refractivity (Wildman–Crippen MR) is 88.9 cm³/mol. The van der Waals surface area contributed by atoms with Gasteiger partial charge >= 0.3 is 5.97 Å². The Labute approximate surface area is 148 Å². The number of carbonyl (C=O) groups is 2. The van der Waals surface area contributed by atoms with Gasteiger partial charge in [-0.05, 0) is 24.6 Å². The van der Waals surface area contributed by atoms with Gasteiger partial charge in [0.15, 0.2) is 0 Å². The summed E-state index contributed by atoms with van der Waals surface area (Å²) in [5.74, 6) is -3.77. The number of hydrogen-bond acceptors (Lipinski definition) is 3. The molecule has 2 fully saturated rings. The minimum absolute atomic E-state index is 0.104. The molecule has 3 aliphatic heterocycles. The molecule has 1 N–H and O–H groups in total. The molecule has 7 heteroatoms. The molecule has 0 radical (unpaired) electrons. The van der Waals surface area contributed by atoms with Crippen LogP contribution in [0.1, 0.15) is 6.42 Å². The maximum absolute atomic E-state index is 13.5. The van der Waals surface area contributed by atoms with Crippen LogP contribution in [0.3, 0.4) is 0 Å². The van der Waals surface area contributed by atoms with Gasteiger partial charge in [0.05, 0.1) is 23.1 Å². The van der Waals surface area contributed by atoms with Crippen molar-refractivity contribution in [3.8, 4) is 0 Å². The molecule has 1 spiro atoms. The Kier molecular flexibility index (Phi) is 3.53. The van der Waals surface area contributed by atoms with Gasteiger partial charge in [-0.3, -0.25) is 9.59 Å². The van der Waals surface area contributed by atoms with E-state index < -0.39 is 41.4 Å². The first-order valence-electron chi connectivity index (χ1n) is 7.89. The first kappa shape index (κ1) is 16.3. The lowest BCUT2D eigenvalue weighted by Gasteiger charge is -2.32. The molecule has 25 heavy (non-hydrogen) atoms. The zero-order valence-electron chi connectivity index (χ0n) is 13.1. The molecule has 130 valence electrons. The van der Waals surface area contributed by atoms with E-state index in [0.717, 1.165) is 0 Å². The van der Waals surface area contributed by atoms with E-state index >= 15 is 0 Å². The fourth-order valence-corrected chi connectivity index (χ4v) is 4.50. The molecular weight excluding hydrogens is 349 g/mol. The third-order valence-electron chi connectivity index (χ3n) is 5.28. The van der Waals surface area contributed by atoms with E-state index in [2.05, 4.69) is 6.58 Å². The first-order valence-corrected chi connectivity index (χ1v) is 8.27. The highest BCUT2D eigenvalue weighted by Gasteiger charge is 2.71. The zero-order valence-corrected chi connectivity index (χ0v) is 13.8. The van der Waals surface area contributed by atoms with Gasteiger partial charge in [0.2, 0.25) is 5.91 Å². The molecular formula is C18H15ClFNO4. The fourth-order valence-electron chi connectivity index (χ4n) is 4.32. The molecule has 3 aliphatic rings. The van der Waals surface area contributed by atoms with E-state index in [0.29, 0.717) is 12.1 Å². The molecule has 2 bridgehead atoms. The Morgan fingerprint density at radius 2 is 2.28 bits per heavy atom. The molecule has 0 aromatic heterocycles. The van der Waals surface area contributed by atoms with Gasteiger partial charge in [-0.2, -0.15) is 0 Å². The van der Waals surface area contributed by atoms with Crippen LogP contribution in [0.15, 0.2) is 43.0 Å². The van der Waals surface area contributed by atoms with Gasteiger partial charge in [0, 0.05) is 5.69 Å². The topological polar surface area (TPSA) is 66.8 Å². The number of ether oxygens (including phenoxy) is 1. The van der Waals surface area contributed by atoms with Crippen molar-refractivity contribution in [2.45, 2.75) is 24.2 Å². The van der Waals surface area contributed by atoms with E-state index in [-0.39, 0.29) is 10.9 Å². The Morgan fingerprint density at radius 1 is 1.52 bits per heavy atom. The number of hydrogen-bond donors (Lipinski definition) is 1. The predicted octanol–water partition coefficient (Wildman–Crippen LogP) is 2.79. The second-order valence-electron chi connectivity index (χ2n) is 6.48. The number of rotatable bonds is 4. The molecule has 0 unspecified atom stereocenters. The Balaban J connectivity index is 1.84. The molecule has 2 saturated heterocycles. The Hall–Kier alpha value is -2.18. The first-order chi connectivity index (χ1) is 11.9. The average Bonchev–Trinajstić information content (AvgIpc) is 3.20. The number of carbonyl (C=O) groups excluding carboxylic acids is 1. The molecule has 0 saturated carbocycles. The molecule has 0 aliphatic carbocycles. The Bertz CT molecular complexity index is 825. The van der Waals surface area contributed by atoms with E-state index in [1.165, 1.54) is 23.1 Å². The normalized spacial score (nSPS) is 35.3. The SMILES string of the molecule is C=CC[C@@H]1N(c2ccc(F)c(Cl)c2)C(=O)[C@H]2[C@@H](C(=O)O)[C@@H]3C=C[C@@]12O3. The summed E-state index contributed by atoms with van der Waals surface area (Å²) in [5, 5.41) is 9.47. The molecule has 5 nitrogen and oxygen atoms in total. The van der Waals surface area contributed by atoms with Gasteiger partial charge in [-0.1, -0.05) is 29.8 Å². The number of amides is 1. The summed E-state index contributed by atoms with van der Waals surface area (Å²) in [6.07, 6.45) is 4.95. The third kappa shape index (κ3) is 2.04. The van der Waals surface area contributed by atoms with Crippen LogP contribution in [0.25, 0.3) is 0 Å². The van der Waals surface area contributed by atoms with Crippen molar-refractivity contribution in [1.82, 2.24) is 0 Å². The highest BCUT2D eigenvalue weighted by molar-refractivity contribution is 6.31. The summed E-state index contributed by atoms with van der Waals surface area (Å²) in [5.41, 5.74) is -0.600. The molecule has 4 rings (SSSR count). The molecule has 1 amide bonds. The fraction of sp³-hybridized carbons (Fsp3) is 0.333. The van der Waals surface area contributed by atoms with Crippen molar-refractivity contribution in [3.05, 3.63) is 53.8 Å². The van der Waals surface area contributed by atoms with Crippen molar-refractivity contribution in [1.29, 1.82) is 0 Å². The van der Waals surface area contributed by atoms with Crippen LogP contribution >= 0.6 is 11.6 Å². The van der Waals surface area contributed by atoms with Gasteiger partial charge in [-0.15, -0.1) is 6.58 Å². The summed E-state index contributed by atoms with van der Waals surface area (Å²) in [6, 6.07) is 3.55. The summed E-state index contributed by atoms with van der Waals surface area (Å²) in [7, 11) is 0. The molecule has 5 atom stereocenters. The number of carboxylic acid groups (broad SMARTS) is 1. The van der Waals surface area contributed by atoms with Crippen molar-refractivity contribution in [3.63, 3.8) is 0 Å². The van der Waals surface area contributed by atoms with Crippen LogP contribution in [0.4, 0.5) is 10.1 Å². The van der Waals surface area contributed by atoms with E-state index in [4.69, 9.17) is 16.3 Å². The maximum atomic E-state index is 13.5. The van der Waals surface area contributed by atoms with Crippen LogP contribution in [-0.2, 0) is 14.3 Å². The summed E-state index contributed by atoms with van der Waals surface area (Å²) in [6.45, 7) is 3.74. The van der Waals surface area contributed by atoms with E-state index in [9.17, 15) is 19.1 Å². The van der Waals surface area contributed by atoms with Gasteiger partial charge in [0.25, 0.3) is 0 Å². The lowest BCUT2D eigenvalue weighted by Crippen LogP contribution is -2.45. The number of halogens is 2. The van der Waals surface area contributed by atoms with E-state index in [1.54, 1.807) is 18.2 Å². The highest BCUT2D eigenvalue weighted by Crippen LogP contribution is 2.56. The van der Waals surface area contributed by atoms with Crippen molar-refractivity contribution >= 4 is 29.2 Å². The Morgan fingerprint density at radius 3 is 2.92 bits per heavy atom. The van der Waals surface area contributed by atoms with Crippen LogP contribution in [0, 0.1) is 17.7 Å². The number of aliphatic carboxylic acids is 1. The number of fused-ring (bicyclic) bond motifs is 1. The molecule has 1 aromatic carbocycles. The van der Waals surface area contributed by atoms with Gasteiger partial charge in [-0.25, -0.2) is 4.39 Å². The maximum Gasteiger partial charge on any atom is 0.310 e. The molecule has 1 aromatic rings. The zero-order chi connectivity index (χ0) is 17.9. The quantitative estimate of drug-likeness (QED) is 0.835.